The molecule has 0 nitrogen and oxygen atoms in total. The molecule has 1 aromatic rings. The monoisotopic (exact) mass is 405 g/mol. The minimum absolute atomic E-state index is 1.26. The van der Waals surface area contributed by atoms with E-state index in [0.717, 1.165) is 0 Å². The van der Waals surface area contributed by atoms with E-state index in [0.29, 0.717) is 0 Å². The van der Waals surface area contributed by atoms with Crippen molar-refractivity contribution in [2.24, 2.45) is 0 Å². The second kappa shape index (κ2) is 5.45. The fourth-order valence-corrected chi connectivity index (χ4v) is 5.10. The summed E-state index contributed by atoms with van der Waals surface area (Å²) in [6.07, 6.45) is 10.8. The Hall–Kier alpha value is -0.170. The Morgan fingerprint density at radius 2 is 1.94 bits per heavy atom. The molecular formula is C17H21Hf. The second-order valence-electron chi connectivity index (χ2n) is 5.68. The molecule has 0 fully saturated rings. The van der Waals surface area contributed by atoms with Gasteiger partial charge in [0.15, 0.2) is 0 Å². The van der Waals surface area contributed by atoms with Gasteiger partial charge in [-0.3, -0.25) is 0 Å². The summed E-state index contributed by atoms with van der Waals surface area (Å²) in [5.74, 6) is 0. The van der Waals surface area contributed by atoms with Crippen molar-refractivity contribution in [3.63, 3.8) is 0 Å². The average molecular weight is 404 g/mol. The Bertz CT molecular complexity index is 497. The van der Waals surface area contributed by atoms with Gasteiger partial charge in [-0.2, -0.15) is 0 Å². The zero-order valence-corrected chi connectivity index (χ0v) is 14.9. The van der Waals surface area contributed by atoms with Gasteiger partial charge in [0.05, 0.1) is 0 Å². The molecule has 2 aliphatic rings. The van der Waals surface area contributed by atoms with Gasteiger partial charge in [0.1, 0.15) is 0 Å². The van der Waals surface area contributed by atoms with Gasteiger partial charge in [0.2, 0.25) is 0 Å². The van der Waals surface area contributed by atoms with E-state index < -0.39 is 0 Å². The zero-order valence-electron chi connectivity index (χ0n) is 11.3. The van der Waals surface area contributed by atoms with Gasteiger partial charge in [0.25, 0.3) is 0 Å². The Morgan fingerprint density at radius 3 is 2.78 bits per heavy atom. The van der Waals surface area contributed by atoms with Crippen LogP contribution in [0.2, 0.25) is 0 Å². The van der Waals surface area contributed by atoms with Gasteiger partial charge in [0, 0.05) is 0 Å². The third-order valence-corrected chi connectivity index (χ3v) is 6.15. The first kappa shape index (κ1) is 12.8. The number of unbranched alkanes of at least 4 members (excludes halogenated alkanes) is 2. The first-order chi connectivity index (χ1) is 8.81. The molecule has 0 unspecified atom stereocenters. The molecule has 1 heteroatoms. The number of rotatable bonds is 4. The second-order valence-corrected chi connectivity index (χ2v) is 7.85. The Kier molecular flexibility index (Phi) is 3.89. The number of aryl methyl sites for hydroxylation is 1. The van der Waals surface area contributed by atoms with Crippen LogP contribution in [0.1, 0.15) is 61.3 Å². The molecule has 0 N–H and O–H groups in total. The molecular weight excluding hydrogens is 383 g/mol. The molecule has 0 radical (unpaired) electrons. The van der Waals surface area contributed by atoms with Crippen molar-refractivity contribution in [1.29, 1.82) is 0 Å². The Labute approximate surface area is 125 Å². The summed E-state index contributed by atoms with van der Waals surface area (Å²) < 4.78 is 1.78. The van der Waals surface area contributed by atoms with Crippen molar-refractivity contribution in [3.8, 4) is 0 Å². The van der Waals surface area contributed by atoms with Crippen LogP contribution in [0.3, 0.4) is 0 Å². The number of hydrogen-bond acceptors (Lipinski definition) is 0. The molecule has 93 valence electrons. The van der Waals surface area contributed by atoms with Gasteiger partial charge in [-0.1, -0.05) is 0 Å². The van der Waals surface area contributed by atoms with E-state index in [1.165, 1.54) is 75.7 Å². The van der Waals surface area contributed by atoms with Crippen molar-refractivity contribution in [1.82, 2.24) is 0 Å². The molecule has 18 heavy (non-hydrogen) atoms. The van der Waals surface area contributed by atoms with Gasteiger partial charge < -0.3 is 0 Å². The molecule has 0 heterocycles. The number of fused-ring (bicyclic) bond motifs is 3. The van der Waals surface area contributed by atoms with Gasteiger partial charge >= 0.3 is 126 Å². The third-order valence-electron chi connectivity index (χ3n) is 4.43. The van der Waals surface area contributed by atoms with E-state index in [-0.39, 0.29) is 0 Å². The first-order valence-electron chi connectivity index (χ1n) is 7.39. The number of benzene rings is 1. The third kappa shape index (κ3) is 2.19. The molecule has 2 aliphatic carbocycles. The van der Waals surface area contributed by atoms with Crippen molar-refractivity contribution in [2.45, 2.75) is 58.3 Å². The van der Waals surface area contributed by atoms with Crippen LogP contribution in [-0.2, 0) is 43.6 Å². The molecule has 0 aliphatic heterocycles. The molecule has 0 saturated heterocycles. The van der Waals surface area contributed by atoms with Crippen LogP contribution in [0.15, 0.2) is 15.5 Å². The van der Waals surface area contributed by atoms with Crippen LogP contribution < -0.4 is 0 Å². The van der Waals surface area contributed by atoms with Crippen LogP contribution in [0.5, 0.6) is 0 Å². The standard InChI is InChI=1S/C17H21.Hf/c1-2-3-4-6-14-11-12-15-10-9-13-7-5-8-16(13)17(14)15;/h9-10H,2-8,12H2,1H3;. The summed E-state index contributed by atoms with van der Waals surface area (Å²) in [6, 6.07) is 4.83. The summed E-state index contributed by atoms with van der Waals surface area (Å²) in [5, 5.41) is 0. The molecule has 0 amide bonds. The molecule has 0 bridgehead atoms. The zero-order chi connectivity index (χ0) is 12.5. The molecule has 0 saturated carbocycles. The first-order valence-corrected chi connectivity index (χ1v) is 9.18. The van der Waals surface area contributed by atoms with E-state index >= 15 is 0 Å². The topological polar surface area (TPSA) is 0 Å². The van der Waals surface area contributed by atoms with Crippen LogP contribution in [0.4, 0.5) is 0 Å². The van der Waals surface area contributed by atoms with E-state index in [4.69, 9.17) is 0 Å². The summed E-state index contributed by atoms with van der Waals surface area (Å²) in [4.78, 5) is 0. The number of hydrogen-bond donors (Lipinski definition) is 0. The Balaban J connectivity index is 1.94. The van der Waals surface area contributed by atoms with Gasteiger partial charge in [-0.05, 0) is 0 Å². The van der Waals surface area contributed by atoms with E-state index in [1.54, 1.807) is 31.2 Å². The van der Waals surface area contributed by atoms with Crippen LogP contribution in [0, 0.1) is 0 Å². The van der Waals surface area contributed by atoms with E-state index in [9.17, 15) is 0 Å². The molecule has 3 rings (SSSR count). The van der Waals surface area contributed by atoms with Crippen molar-refractivity contribution < 1.29 is 24.4 Å². The Morgan fingerprint density at radius 1 is 1.11 bits per heavy atom. The molecule has 0 atom stereocenters. The fraction of sp³-hybridized carbons (Fsp3) is 0.529. The van der Waals surface area contributed by atoms with E-state index in [1.807, 2.05) is 0 Å². The molecule has 0 spiro atoms. The fourth-order valence-electron chi connectivity index (χ4n) is 3.51. The van der Waals surface area contributed by atoms with Crippen LogP contribution in [-0.4, -0.2) is 0 Å². The van der Waals surface area contributed by atoms with Crippen LogP contribution >= 0.6 is 0 Å². The number of allylic oxidation sites excluding steroid dienone is 2. The predicted molar refractivity (Wildman–Crippen MR) is 73.2 cm³/mol. The van der Waals surface area contributed by atoms with Gasteiger partial charge in [-0.25, -0.2) is 0 Å². The maximum absolute atomic E-state index is 2.42. The summed E-state index contributed by atoms with van der Waals surface area (Å²) >= 11 is 1.26. The molecule has 1 aromatic carbocycles. The summed E-state index contributed by atoms with van der Waals surface area (Å²) in [6.45, 7) is 2.30. The average Bonchev–Trinajstić information content (AvgIpc) is 2.93. The minimum atomic E-state index is 1.26. The normalized spacial score (nSPS) is 17.1. The quantitative estimate of drug-likeness (QED) is 0.510. The van der Waals surface area contributed by atoms with Gasteiger partial charge in [-0.15, -0.1) is 0 Å². The summed E-state index contributed by atoms with van der Waals surface area (Å²) in [5.41, 5.74) is 8.50. The van der Waals surface area contributed by atoms with E-state index in [2.05, 4.69) is 19.1 Å². The predicted octanol–water partition coefficient (Wildman–Crippen LogP) is 4.57. The SMILES string of the molecule is CCCCCC1=[C]([Hf])Cc2ccc3c(c21)CCC3. The van der Waals surface area contributed by atoms with Crippen molar-refractivity contribution in [3.05, 3.63) is 37.7 Å². The van der Waals surface area contributed by atoms with Crippen molar-refractivity contribution in [2.75, 3.05) is 0 Å². The maximum atomic E-state index is 2.42. The van der Waals surface area contributed by atoms with Crippen molar-refractivity contribution >= 4 is 5.57 Å². The summed E-state index contributed by atoms with van der Waals surface area (Å²) in [7, 11) is 0. The molecule has 0 aromatic heterocycles. The van der Waals surface area contributed by atoms with Crippen LogP contribution in [0.25, 0.3) is 5.57 Å².